The van der Waals surface area contributed by atoms with E-state index < -0.39 is 0 Å². The van der Waals surface area contributed by atoms with E-state index in [-0.39, 0.29) is 0 Å². The number of ether oxygens (including phenoxy) is 1. The second-order valence-corrected chi connectivity index (χ2v) is 5.73. The van der Waals surface area contributed by atoms with Gasteiger partial charge in [0.1, 0.15) is 0 Å². The quantitative estimate of drug-likeness (QED) is 0.883. The van der Waals surface area contributed by atoms with Crippen LogP contribution in [-0.2, 0) is 11.2 Å². The first kappa shape index (κ1) is 12.2. The van der Waals surface area contributed by atoms with Crippen molar-refractivity contribution in [3.63, 3.8) is 0 Å². The first-order valence-electron chi connectivity index (χ1n) is 7.26. The van der Waals surface area contributed by atoms with Crippen LogP contribution in [0.25, 0.3) is 0 Å². The fraction of sp³-hybridized carbons (Fsp3) is 0.625. The van der Waals surface area contributed by atoms with Crippen LogP contribution in [0.4, 0.5) is 0 Å². The lowest BCUT2D eigenvalue weighted by Gasteiger charge is -2.35. The summed E-state index contributed by atoms with van der Waals surface area (Å²) in [6.45, 7) is 4.34. The van der Waals surface area contributed by atoms with Gasteiger partial charge in [-0.3, -0.25) is 0 Å². The highest BCUT2D eigenvalue weighted by Crippen LogP contribution is 2.34. The SMILES string of the molecule is c1ccc(CC2CNCCC2C2CCOC2)cc1. The van der Waals surface area contributed by atoms with Crippen molar-refractivity contribution in [2.24, 2.45) is 17.8 Å². The molecule has 2 heteroatoms. The van der Waals surface area contributed by atoms with E-state index >= 15 is 0 Å². The predicted octanol–water partition coefficient (Wildman–Crippen LogP) is 2.49. The highest BCUT2D eigenvalue weighted by atomic mass is 16.5. The van der Waals surface area contributed by atoms with Crippen LogP contribution in [0.15, 0.2) is 30.3 Å². The molecule has 1 aromatic rings. The van der Waals surface area contributed by atoms with E-state index in [0.29, 0.717) is 0 Å². The summed E-state index contributed by atoms with van der Waals surface area (Å²) < 4.78 is 5.59. The Hall–Kier alpha value is -0.860. The number of hydrogen-bond donors (Lipinski definition) is 1. The molecule has 3 rings (SSSR count). The maximum atomic E-state index is 5.59. The largest absolute Gasteiger partial charge is 0.381 e. The second kappa shape index (κ2) is 5.85. The Labute approximate surface area is 110 Å². The molecule has 0 aliphatic carbocycles. The minimum Gasteiger partial charge on any atom is -0.381 e. The van der Waals surface area contributed by atoms with Crippen LogP contribution in [0.2, 0.25) is 0 Å². The Balaban J connectivity index is 1.67. The molecule has 2 aliphatic heterocycles. The summed E-state index contributed by atoms with van der Waals surface area (Å²) >= 11 is 0. The van der Waals surface area contributed by atoms with Gasteiger partial charge in [-0.2, -0.15) is 0 Å². The van der Waals surface area contributed by atoms with Gasteiger partial charge in [0.2, 0.25) is 0 Å². The molecule has 2 nitrogen and oxygen atoms in total. The summed E-state index contributed by atoms with van der Waals surface area (Å²) in [7, 11) is 0. The summed E-state index contributed by atoms with van der Waals surface area (Å²) in [5.74, 6) is 2.45. The molecule has 1 aromatic carbocycles. The van der Waals surface area contributed by atoms with Crippen LogP contribution in [0.1, 0.15) is 18.4 Å². The first-order chi connectivity index (χ1) is 8.93. The molecule has 2 heterocycles. The summed E-state index contributed by atoms with van der Waals surface area (Å²) in [5, 5.41) is 3.57. The van der Waals surface area contributed by atoms with Crippen molar-refractivity contribution < 1.29 is 4.74 Å². The number of rotatable bonds is 3. The smallest absolute Gasteiger partial charge is 0.0497 e. The van der Waals surface area contributed by atoms with Crippen molar-refractivity contribution in [1.82, 2.24) is 5.32 Å². The molecular formula is C16H23NO. The topological polar surface area (TPSA) is 21.3 Å². The molecule has 2 saturated heterocycles. The van der Waals surface area contributed by atoms with Crippen LogP contribution >= 0.6 is 0 Å². The van der Waals surface area contributed by atoms with Crippen molar-refractivity contribution in [1.29, 1.82) is 0 Å². The van der Waals surface area contributed by atoms with Crippen LogP contribution in [0.3, 0.4) is 0 Å². The average Bonchev–Trinajstić information content (AvgIpc) is 2.94. The van der Waals surface area contributed by atoms with Gasteiger partial charge in [0.25, 0.3) is 0 Å². The van der Waals surface area contributed by atoms with Crippen molar-refractivity contribution in [2.75, 3.05) is 26.3 Å². The molecule has 0 radical (unpaired) electrons. The van der Waals surface area contributed by atoms with E-state index in [9.17, 15) is 0 Å². The highest BCUT2D eigenvalue weighted by Gasteiger charge is 2.33. The third-order valence-electron chi connectivity index (χ3n) is 4.58. The molecule has 2 fully saturated rings. The van der Waals surface area contributed by atoms with Gasteiger partial charge in [-0.1, -0.05) is 30.3 Å². The maximum Gasteiger partial charge on any atom is 0.0497 e. The zero-order valence-electron chi connectivity index (χ0n) is 11.0. The number of nitrogens with one attached hydrogen (secondary N) is 1. The fourth-order valence-corrected chi connectivity index (χ4v) is 3.59. The van der Waals surface area contributed by atoms with Crippen LogP contribution in [0.5, 0.6) is 0 Å². The first-order valence-corrected chi connectivity index (χ1v) is 7.26. The summed E-state index contributed by atoms with van der Waals surface area (Å²) in [6.07, 6.45) is 3.82. The molecule has 2 aliphatic rings. The zero-order chi connectivity index (χ0) is 12.2. The van der Waals surface area contributed by atoms with Gasteiger partial charge >= 0.3 is 0 Å². The average molecular weight is 245 g/mol. The van der Waals surface area contributed by atoms with Crippen molar-refractivity contribution in [3.05, 3.63) is 35.9 Å². The van der Waals surface area contributed by atoms with Gasteiger partial charge < -0.3 is 10.1 Å². The van der Waals surface area contributed by atoms with E-state index in [1.165, 1.54) is 37.9 Å². The van der Waals surface area contributed by atoms with Crippen molar-refractivity contribution in [3.8, 4) is 0 Å². The van der Waals surface area contributed by atoms with Gasteiger partial charge in [-0.25, -0.2) is 0 Å². The summed E-state index contributed by atoms with van der Waals surface area (Å²) in [5.41, 5.74) is 1.48. The van der Waals surface area contributed by atoms with Gasteiger partial charge in [0, 0.05) is 13.2 Å². The minimum atomic E-state index is 0.785. The van der Waals surface area contributed by atoms with E-state index in [1.54, 1.807) is 0 Å². The molecule has 0 spiro atoms. The van der Waals surface area contributed by atoms with Gasteiger partial charge in [-0.05, 0) is 55.7 Å². The zero-order valence-corrected chi connectivity index (χ0v) is 11.0. The molecule has 3 atom stereocenters. The second-order valence-electron chi connectivity index (χ2n) is 5.73. The standard InChI is InChI=1S/C16H23NO/c1-2-4-13(5-3-1)10-15-11-17-8-6-16(15)14-7-9-18-12-14/h1-5,14-17H,6-12H2. The number of piperidine rings is 1. The lowest BCUT2D eigenvalue weighted by molar-refractivity contribution is 0.133. The molecule has 3 unspecified atom stereocenters. The predicted molar refractivity (Wildman–Crippen MR) is 73.5 cm³/mol. The Morgan fingerprint density at radius 1 is 1.17 bits per heavy atom. The number of benzene rings is 1. The Morgan fingerprint density at radius 2 is 2.06 bits per heavy atom. The third-order valence-corrected chi connectivity index (χ3v) is 4.58. The Bertz CT molecular complexity index is 359. The van der Waals surface area contributed by atoms with E-state index in [2.05, 4.69) is 35.6 Å². The molecule has 0 aromatic heterocycles. The van der Waals surface area contributed by atoms with Gasteiger partial charge in [0.15, 0.2) is 0 Å². The molecule has 0 amide bonds. The Morgan fingerprint density at radius 3 is 2.83 bits per heavy atom. The third kappa shape index (κ3) is 2.76. The van der Waals surface area contributed by atoms with E-state index in [1.807, 2.05) is 0 Å². The summed E-state index contributed by atoms with van der Waals surface area (Å²) in [4.78, 5) is 0. The highest BCUT2D eigenvalue weighted by molar-refractivity contribution is 5.15. The lowest BCUT2D eigenvalue weighted by atomic mass is 9.74. The van der Waals surface area contributed by atoms with E-state index in [0.717, 1.165) is 31.0 Å². The minimum absolute atomic E-state index is 0.785. The number of hydrogen-bond acceptors (Lipinski definition) is 2. The summed E-state index contributed by atoms with van der Waals surface area (Å²) in [6, 6.07) is 10.9. The monoisotopic (exact) mass is 245 g/mol. The maximum absolute atomic E-state index is 5.59. The normalized spacial score (nSPS) is 32.6. The molecule has 98 valence electrons. The Kier molecular flexibility index (Phi) is 3.96. The van der Waals surface area contributed by atoms with Gasteiger partial charge in [0.05, 0.1) is 0 Å². The molecule has 0 bridgehead atoms. The van der Waals surface area contributed by atoms with Gasteiger partial charge in [-0.15, -0.1) is 0 Å². The van der Waals surface area contributed by atoms with Crippen molar-refractivity contribution >= 4 is 0 Å². The molecule has 0 saturated carbocycles. The molecule has 18 heavy (non-hydrogen) atoms. The molecular weight excluding hydrogens is 222 g/mol. The van der Waals surface area contributed by atoms with Crippen LogP contribution in [0, 0.1) is 17.8 Å². The fourth-order valence-electron chi connectivity index (χ4n) is 3.59. The van der Waals surface area contributed by atoms with E-state index in [4.69, 9.17) is 4.74 Å². The van der Waals surface area contributed by atoms with Crippen LogP contribution in [-0.4, -0.2) is 26.3 Å². The van der Waals surface area contributed by atoms with Crippen molar-refractivity contribution in [2.45, 2.75) is 19.3 Å². The molecule has 1 N–H and O–H groups in total. The van der Waals surface area contributed by atoms with Crippen LogP contribution < -0.4 is 5.32 Å². The lowest BCUT2D eigenvalue weighted by Crippen LogP contribution is -2.41.